The van der Waals surface area contributed by atoms with Crippen LogP contribution in [0.15, 0.2) is 47.0 Å². The van der Waals surface area contributed by atoms with E-state index in [-0.39, 0.29) is 23.0 Å². The van der Waals surface area contributed by atoms with Gasteiger partial charge in [0.2, 0.25) is 11.7 Å². The molecule has 1 saturated carbocycles. The maximum absolute atomic E-state index is 13.9. The minimum absolute atomic E-state index is 0.111. The van der Waals surface area contributed by atoms with Crippen molar-refractivity contribution in [2.45, 2.75) is 18.3 Å². The molecule has 0 unspecified atom stereocenters. The third-order valence-corrected chi connectivity index (χ3v) is 4.16. The van der Waals surface area contributed by atoms with E-state index in [9.17, 15) is 13.9 Å². The van der Waals surface area contributed by atoms with Crippen molar-refractivity contribution in [2.24, 2.45) is 0 Å². The molecule has 2 aromatic carbocycles. The lowest BCUT2D eigenvalue weighted by Crippen LogP contribution is -2.09. The Balaban J connectivity index is 1.73. The SMILES string of the molecule is Oc1ccc(-c2noc(C3(c4cccc(F)c4)CC3)n2)c(F)c1. The molecule has 0 radical (unpaired) electrons. The van der Waals surface area contributed by atoms with Gasteiger partial charge in [0.25, 0.3) is 0 Å². The summed E-state index contributed by atoms with van der Waals surface area (Å²) in [5.74, 6) is -0.662. The van der Waals surface area contributed by atoms with Crippen LogP contribution in [0.4, 0.5) is 8.78 Å². The van der Waals surface area contributed by atoms with Crippen molar-refractivity contribution in [3.05, 3.63) is 65.6 Å². The van der Waals surface area contributed by atoms with Crippen molar-refractivity contribution < 1.29 is 18.4 Å². The summed E-state index contributed by atoms with van der Waals surface area (Å²) >= 11 is 0. The molecule has 116 valence electrons. The first-order valence-corrected chi connectivity index (χ1v) is 7.18. The Bertz CT molecular complexity index is 888. The van der Waals surface area contributed by atoms with E-state index in [0.717, 1.165) is 24.5 Å². The topological polar surface area (TPSA) is 59.2 Å². The summed E-state index contributed by atoms with van der Waals surface area (Å²) in [7, 11) is 0. The fourth-order valence-electron chi connectivity index (χ4n) is 2.75. The van der Waals surface area contributed by atoms with Crippen LogP contribution in [0.3, 0.4) is 0 Å². The Morgan fingerprint density at radius 3 is 2.61 bits per heavy atom. The molecule has 1 N–H and O–H groups in total. The minimum atomic E-state index is -0.632. The number of phenols is 1. The van der Waals surface area contributed by atoms with Gasteiger partial charge in [-0.05, 0) is 42.7 Å². The molecule has 1 aromatic heterocycles. The first-order valence-electron chi connectivity index (χ1n) is 7.18. The summed E-state index contributed by atoms with van der Waals surface area (Å²) < 4.78 is 32.7. The Morgan fingerprint density at radius 1 is 1.09 bits per heavy atom. The highest BCUT2D eigenvalue weighted by atomic mass is 19.1. The fourth-order valence-corrected chi connectivity index (χ4v) is 2.75. The Morgan fingerprint density at radius 2 is 1.91 bits per heavy atom. The Hall–Kier alpha value is -2.76. The number of nitrogens with zero attached hydrogens (tertiary/aromatic N) is 2. The van der Waals surface area contributed by atoms with E-state index in [0.29, 0.717) is 5.89 Å². The van der Waals surface area contributed by atoms with E-state index in [1.807, 2.05) is 6.07 Å². The fraction of sp³-hybridized carbons (Fsp3) is 0.176. The molecule has 4 rings (SSSR count). The second-order valence-electron chi connectivity index (χ2n) is 5.68. The van der Waals surface area contributed by atoms with E-state index < -0.39 is 11.2 Å². The molecule has 1 fully saturated rings. The maximum atomic E-state index is 13.9. The molecule has 0 atom stereocenters. The van der Waals surface area contributed by atoms with Crippen LogP contribution in [0.2, 0.25) is 0 Å². The van der Waals surface area contributed by atoms with Gasteiger partial charge in [-0.3, -0.25) is 0 Å². The molecule has 0 spiro atoms. The molecule has 0 bridgehead atoms. The monoisotopic (exact) mass is 314 g/mol. The van der Waals surface area contributed by atoms with Gasteiger partial charge in [-0.25, -0.2) is 8.78 Å². The summed E-state index contributed by atoms with van der Waals surface area (Å²) in [6.45, 7) is 0. The predicted molar refractivity (Wildman–Crippen MR) is 77.8 cm³/mol. The number of benzene rings is 2. The Labute approximate surface area is 130 Å². The zero-order chi connectivity index (χ0) is 16.0. The normalized spacial score (nSPS) is 15.6. The van der Waals surface area contributed by atoms with Crippen molar-refractivity contribution >= 4 is 0 Å². The molecular formula is C17H12F2N2O2. The molecular weight excluding hydrogens is 302 g/mol. The predicted octanol–water partition coefficient (Wildman–Crippen LogP) is 3.80. The molecule has 1 aliphatic rings. The highest BCUT2D eigenvalue weighted by Gasteiger charge is 2.51. The number of rotatable bonds is 3. The summed E-state index contributed by atoms with van der Waals surface area (Å²) in [6.07, 6.45) is 1.55. The van der Waals surface area contributed by atoms with E-state index in [1.54, 1.807) is 6.07 Å². The van der Waals surface area contributed by atoms with Crippen LogP contribution < -0.4 is 0 Å². The first kappa shape index (κ1) is 13.9. The highest BCUT2D eigenvalue weighted by Crippen LogP contribution is 2.53. The van der Waals surface area contributed by atoms with Crippen molar-refractivity contribution in [1.29, 1.82) is 0 Å². The molecule has 6 heteroatoms. The first-order chi connectivity index (χ1) is 11.1. The minimum Gasteiger partial charge on any atom is -0.508 e. The van der Waals surface area contributed by atoms with Crippen molar-refractivity contribution in [1.82, 2.24) is 10.1 Å². The van der Waals surface area contributed by atoms with Crippen LogP contribution in [0, 0.1) is 11.6 Å². The molecule has 1 heterocycles. The Kier molecular flexibility index (Phi) is 2.94. The average molecular weight is 314 g/mol. The third-order valence-electron chi connectivity index (χ3n) is 4.16. The molecule has 3 aromatic rings. The smallest absolute Gasteiger partial charge is 0.237 e. The highest BCUT2D eigenvalue weighted by molar-refractivity contribution is 5.57. The van der Waals surface area contributed by atoms with Gasteiger partial charge in [-0.2, -0.15) is 4.98 Å². The van der Waals surface area contributed by atoms with Gasteiger partial charge >= 0.3 is 0 Å². The van der Waals surface area contributed by atoms with Gasteiger partial charge in [-0.15, -0.1) is 0 Å². The number of halogens is 2. The van der Waals surface area contributed by atoms with Crippen LogP contribution in [-0.2, 0) is 5.41 Å². The lowest BCUT2D eigenvalue weighted by molar-refractivity contribution is 0.360. The standard InChI is InChI=1S/C17H12F2N2O2/c18-11-3-1-2-10(8-11)17(6-7-17)16-20-15(21-23-16)13-5-4-12(22)9-14(13)19/h1-5,8-9,22H,6-7H2. The average Bonchev–Trinajstić information content (AvgIpc) is 3.19. The van der Waals surface area contributed by atoms with Crippen molar-refractivity contribution in [3.63, 3.8) is 0 Å². The van der Waals surface area contributed by atoms with Crippen LogP contribution in [0.5, 0.6) is 5.75 Å². The van der Waals surface area contributed by atoms with E-state index >= 15 is 0 Å². The number of aromatic hydroxyl groups is 1. The van der Waals surface area contributed by atoms with Gasteiger partial charge in [0.15, 0.2) is 0 Å². The zero-order valence-corrected chi connectivity index (χ0v) is 12.0. The number of hydrogen-bond acceptors (Lipinski definition) is 4. The molecule has 1 aliphatic carbocycles. The van der Waals surface area contributed by atoms with Crippen molar-refractivity contribution in [2.75, 3.05) is 0 Å². The molecule has 23 heavy (non-hydrogen) atoms. The molecule has 0 aliphatic heterocycles. The maximum Gasteiger partial charge on any atom is 0.237 e. The lowest BCUT2D eigenvalue weighted by Gasteiger charge is -2.10. The van der Waals surface area contributed by atoms with Crippen LogP contribution in [0.1, 0.15) is 24.3 Å². The number of aromatic nitrogens is 2. The molecule has 0 amide bonds. The van der Waals surface area contributed by atoms with Gasteiger partial charge < -0.3 is 9.63 Å². The summed E-state index contributed by atoms with van der Waals surface area (Å²) in [5, 5.41) is 13.1. The van der Waals surface area contributed by atoms with Gasteiger partial charge in [-0.1, -0.05) is 17.3 Å². The van der Waals surface area contributed by atoms with Crippen molar-refractivity contribution in [3.8, 4) is 17.1 Å². The van der Waals surface area contributed by atoms with Crippen LogP contribution in [0.25, 0.3) is 11.4 Å². The second-order valence-corrected chi connectivity index (χ2v) is 5.68. The number of hydrogen-bond donors (Lipinski definition) is 1. The van der Waals surface area contributed by atoms with Crippen LogP contribution >= 0.6 is 0 Å². The second kappa shape index (κ2) is 4.87. The van der Waals surface area contributed by atoms with E-state index in [4.69, 9.17) is 4.52 Å². The molecule has 4 nitrogen and oxygen atoms in total. The number of phenolic OH excluding ortho intramolecular Hbond substituents is 1. The lowest BCUT2D eigenvalue weighted by atomic mass is 9.96. The summed E-state index contributed by atoms with van der Waals surface area (Å²) in [6, 6.07) is 10.0. The van der Waals surface area contributed by atoms with Gasteiger partial charge in [0.05, 0.1) is 11.0 Å². The zero-order valence-electron chi connectivity index (χ0n) is 12.0. The quantitative estimate of drug-likeness (QED) is 0.799. The van der Waals surface area contributed by atoms with Gasteiger partial charge in [0.1, 0.15) is 17.4 Å². The van der Waals surface area contributed by atoms with E-state index in [1.165, 1.54) is 24.3 Å². The van der Waals surface area contributed by atoms with Crippen LogP contribution in [-0.4, -0.2) is 15.2 Å². The summed E-state index contributed by atoms with van der Waals surface area (Å²) in [4.78, 5) is 4.29. The van der Waals surface area contributed by atoms with E-state index in [2.05, 4.69) is 10.1 Å². The third kappa shape index (κ3) is 2.27. The largest absolute Gasteiger partial charge is 0.508 e. The van der Waals surface area contributed by atoms with Gasteiger partial charge in [0, 0.05) is 6.07 Å². The molecule has 0 saturated heterocycles. The summed E-state index contributed by atoms with van der Waals surface area (Å²) in [5.41, 5.74) is 0.438.